The molecular weight excluding hydrogens is 371 g/mol. The van der Waals surface area contributed by atoms with E-state index in [4.69, 9.17) is 4.74 Å². The lowest BCUT2D eigenvalue weighted by molar-refractivity contribution is -0.0482. The molecule has 0 aliphatic carbocycles. The van der Waals surface area contributed by atoms with E-state index in [2.05, 4.69) is 5.10 Å². The lowest BCUT2D eigenvalue weighted by Gasteiger charge is -2.48. The number of urea groups is 1. The number of hydrogen-bond donors (Lipinski definition) is 0. The van der Waals surface area contributed by atoms with Gasteiger partial charge in [0.2, 0.25) is 0 Å². The van der Waals surface area contributed by atoms with Crippen molar-refractivity contribution in [2.45, 2.75) is 25.0 Å². The van der Waals surface area contributed by atoms with Crippen molar-refractivity contribution < 1.29 is 22.7 Å². The number of nitrogens with zero attached hydrogens (tertiary/aromatic N) is 3. The molecule has 0 saturated carbocycles. The molecule has 0 bridgehead atoms. The molecule has 1 fully saturated rings. The molecule has 0 aromatic heterocycles. The molecular formula is C20H18F3N3O2. The number of ether oxygens (including phenoxy) is 1. The first-order valence-corrected chi connectivity index (χ1v) is 8.84. The smallest absolute Gasteiger partial charge is 0.341 e. The minimum atomic E-state index is -0.696. The summed E-state index contributed by atoms with van der Waals surface area (Å²) < 4.78 is 46.0. The molecule has 146 valence electrons. The second-order valence-corrected chi connectivity index (χ2v) is 7.24. The third kappa shape index (κ3) is 3.54. The van der Waals surface area contributed by atoms with Gasteiger partial charge < -0.3 is 9.64 Å². The molecule has 2 aromatic carbocycles. The number of rotatable bonds is 3. The molecule has 4 rings (SSSR count). The van der Waals surface area contributed by atoms with Crippen LogP contribution in [0.15, 0.2) is 47.6 Å². The van der Waals surface area contributed by atoms with Gasteiger partial charge in [0.15, 0.2) is 0 Å². The Morgan fingerprint density at radius 3 is 2.36 bits per heavy atom. The molecule has 5 nitrogen and oxygen atoms in total. The molecule has 1 unspecified atom stereocenters. The first-order chi connectivity index (χ1) is 13.3. The van der Waals surface area contributed by atoms with Gasteiger partial charge in [0, 0.05) is 18.7 Å². The van der Waals surface area contributed by atoms with Gasteiger partial charge >= 0.3 is 6.03 Å². The third-order valence-electron chi connectivity index (χ3n) is 4.79. The second kappa shape index (κ2) is 6.85. The van der Waals surface area contributed by atoms with Crippen LogP contribution in [0.2, 0.25) is 0 Å². The Kier molecular flexibility index (Phi) is 4.49. The van der Waals surface area contributed by atoms with E-state index < -0.39 is 23.3 Å². The topological polar surface area (TPSA) is 45.1 Å². The van der Waals surface area contributed by atoms with Crippen LogP contribution in [-0.2, 0) is 0 Å². The van der Waals surface area contributed by atoms with Gasteiger partial charge in [-0.2, -0.15) is 5.10 Å². The van der Waals surface area contributed by atoms with E-state index >= 15 is 0 Å². The summed E-state index contributed by atoms with van der Waals surface area (Å²) in [5.74, 6) is -1.23. The highest BCUT2D eigenvalue weighted by Crippen LogP contribution is 2.34. The fraction of sp³-hybridized carbons (Fsp3) is 0.300. The van der Waals surface area contributed by atoms with Gasteiger partial charge in [0.05, 0.1) is 19.1 Å². The van der Waals surface area contributed by atoms with Crippen LogP contribution in [0.3, 0.4) is 0 Å². The monoisotopic (exact) mass is 389 g/mol. The second-order valence-electron chi connectivity index (χ2n) is 7.24. The third-order valence-corrected chi connectivity index (χ3v) is 4.79. The Labute approximate surface area is 160 Å². The minimum Gasteiger partial charge on any atom is -0.484 e. The van der Waals surface area contributed by atoms with Gasteiger partial charge in [-0.1, -0.05) is 0 Å². The number of hydrazone groups is 1. The average Bonchev–Trinajstić information content (AvgIpc) is 3.10. The van der Waals surface area contributed by atoms with Crippen LogP contribution < -0.4 is 4.74 Å². The Morgan fingerprint density at radius 2 is 1.71 bits per heavy atom. The molecule has 0 N–H and O–H groups in total. The van der Waals surface area contributed by atoms with Crippen molar-refractivity contribution in [3.05, 3.63) is 65.5 Å². The zero-order valence-corrected chi connectivity index (χ0v) is 15.1. The van der Waals surface area contributed by atoms with E-state index in [9.17, 15) is 18.0 Å². The number of hydrogen-bond acceptors (Lipinski definition) is 3. The molecule has 2 aromatic rings. The van der Waals surface area contributed by atoms with Crippen molar-refractivity contribution in [1.82, 2.24) is 9.91 Å². The predicted octanol–water partition coefficient (Wildman–Crippen LogP) is 4.11. The Balaban J connectivity index is 1.42. The molecule has 2 aliphatic heterocycles. The van der Waals surface area contributed by atoms with Gasteiger partial charge in [0.1, 0.15) is 28.8 Å². The fourth-order valence-electron chi connectivity index (χ4n) is 3.54. The maximum Gasteiger partial charge on any atom is 0.341 e. The molecule has 28 heavy (non-hydrogen) atoms. The van der Waals surface area contributed by atoms with Crippen molar-refractivity contribution in [2.24, 2.45) is 5.10 Å². The summed E-state index contributed by atoms with van der Waals surface area (Å²) in [6, 6.07) is 7.98. The van der Waals surface area contributed by atoms with Crippen LogP contribution in [0.5, 0.6) is 5.75 Å². The highest BCUT2D eigenvalue weighted by molar-refractivity contribution is 5.79. The van der Waals surface area contributed by atoms with Gasteiger partial charge in [-0.25, -0.2) is 23.0 Å². The number of carbonyl (C=O) groups is 1. The average molecular weight is 389 g/mol. The highest BCUT2D eigenvalue weighted by atomic mass is 19.1. The van der Waals surface area contributed by atoms with Crippen molar-refractivity contribution in [1.29, 1.82) is 0 Å². The molecule has 1 atom stereocenters. The van der Waals surface area contributed by atoms with Gasteiger partial charge in [0.25, 0.3) is 0 Å². The summed E-state index contributed by atoms with van der Waals surface area (Å²) in [6.07, 6.45) is 1.94. The van der Waals surface area contributed by atoms with E-state index in [1.54, 1.807) is 11.1 Å². The quantitative estimate of drug-likeness (QED) is 0.793. The Morgan fingerprint density at radius 1 is 1.07 bits per heavy atom. The van der Waals surface area contributed by atoms with Crippen molar-refractivity contribution in [3.63, 3.8) is 0 Å². The van der Waals surface area contributed by atoms with E-state index in [1.165, 1.54) is 41.4 Å². The van der Waals surface area contributed by atoms with E-state index in [-0.39, 0.29) is 11.8 Å². The maximum absolute atomic E-state index is 13.5. The normalized spacial score (nSPS) is 20.2. The summed E-state index contributed by atoms with van der Waals surface area (Å²) in [5.41, 5.74) is -0.244. The van der Waals surface area contributed by atoms with Crippen molar-refractivity contribution >= 4 is 12.2 Å². The largest absolute Gasteiger partial charge is 0.484 e. The minimum absolute atomic E-state index is 0.319. The standard InChI is InChI=1S/C20H18F3N3O2/c1-20(28-17-4-2-14(21)3-5-17)11-25(12-20)19(27)26-18(6-7-24-26)13-8-15(22)10-16(23)9-13/h2-5,7-10,18H,6,11-12H2,1H3. The zero-order valence-electron chi connectivity index (χ0n) is 15.1. The van der Waals surface area contributed by atoms with E-state index in [0.29, 0.717) is 30.8 Å². The van der Waals surface area contributed by atoms with E-state index in [1.807, 2.05) is 6.92 Å². The molecule has 2 amide bonds. The van der Waals surface area contributed by atoms with Crippen LogP contribution in [0, 0.1) is 17.5 Å². The summed E-state index contributed by atoms with van der Waals surface area (Å²) in [6.45, 7) is 2.49. The van der Waals surface area contributed by atoms with Crippen LogP contribution in [0.25, 0.3) is 0 Å². The molecule has 0 radical (unpaired) electrons. The maximum atomic E-state index is 13.5. The van der Waals surface area contributed by atoms with Gasteiger partial charge in [-0.05, 0) is 48.9 Å². The SMILES string of the molecule is CC1(Oc2ccc(F)cc2)CN(C(=O)N2N=CCC2c2cc(F)cc(F)c2)C1. The lowest BCUT2D eigenvalue weighted by Crippen LogP contribution is -2.66. The summed E-state index contributed by atoms with van der Waals surface area (Å²) in [7, 11) is 0. The number of benzene rings is 2. The number of likely N-dealkylation sites (tertiary alicyclic amines) is 1. The summed E-state index contributed by atoms with van der Waals surface area (Å²) in [4.78, 5) is 14.4. The lowest BCUT2D eigenvalue weighted by atomic mass is 9.96. The van der Waals surface area contributed by atoms with Crippen LogP contribution in [0.4, 0.5) is 18.0 Å². The number of carbonyl (C=O) groups excluding carboxylic acids is 1. The highest BCUT2D eigenvalue weighted by Gasteiger charge is 2.46. The number of halogens is 3. The molecule has 2 heterocycles. The summed E-state index contributed by atoms with van der Waals surface area (Å²) in [5, 5.41) is 5.33. The Hall–Kier alpha value is -3.03. The van der Waals surface area contributed by atoms with Crippen LogP contribution in [0.1, 0.15) is 24.9 Å². The van der Waals surface area contributed by atoms with Gasteiger partial charge in [-0.3, -0.25) is 0 Å². The van der Waals surface area contributed by atoms with Gasteiger partial charge in [-0.15, -0.1) is 0 Å². The molecule has 1 saturated heterocycles. The van der Waals surface area contributed by atoms with Crippen LogP contribution in [-0.4, -0.2) is 40.8 Å². The van der Waals surface area contributed by atoms with Crippen LogP contribution >= 0.6 is 0 Å². The summed E-state index contributed by atoms with van der Waals surface area (Å²) >= 11 is 0. The van der Waals surface area contributed by atoms with Crippen molar-refractivity contribution in [2.75, 3.05) is 13.1 Å². The van der Waals surface area contributed by atoms with Crippen molar-refractivity contribution in [3.8, 4) is 5.75 Å². The first kappa shape index (κ1) is 18.3. The first-order valence-electron chi connectivity index (χ1n) is 8.84. The fourth-order valence-corrected chi connectivity index (χ4v) is 3.54. The molecule has 2 aliphatic rings. The molecule has 8 heteroatoms. The predicted molar refractivity (Wildman–Crippen MR) is 96.4 cm³/mol. The number of amides is 2. The Bertz CT molecular complexity index is 907. The molecule has 0 spiro atoms. The van der Waals surface area contributed by atoms with E-state index in [0.717, 1.165) is 6.07 Å². The zero-order chi connectivity index (χ0) is 19.9.